The quantitative estimate of drug-likeness (QED) is 0.653. The standard InChI is InChI=1S/C7H7NO3S/c8-7(9)5-2-1-3-6(4-5)12(10)11/h1-4H,(H2,8,9)(H,10,11). The van der Waals surface area contributed by atoms with Crippen molar-refractivity contribution in [2.75, 3.05) is 0 Å². The van der Waals surface area contributed by atoms with E-state index in [1.54, 1.807) is 0 Å². The van der Waals surface area contributed by atoms with Crippen LogP contribution in [0.3, 0.4) is 0 Å². The fraction of sp³-hybridized carbons (Fsp3) is 0. The summed E-state index contributed by atoms with van der Waals surface area (Å²) in [7, 11) is 0. The van der Waals surface area contributed by atoms with Crippen molar-refractivity contribution in [1.29, 1.82) is 0 Å². The summed E-state index contributed by atoms with van der Waals surface area (Å²) in [5.74, 6) is -0.609. The number of carbonyl (C=O) groups is 1. The van der Waals surface area contributed by atoms with E-state index in [4.69, 9.17) is 10.3 Å². The molecule has 1 amide bonds. The molecule has 0 saturated carbocycles. The van der Waals surface area contributed by atoms with Gasteiger partial charge in [-0.25, -0.2) is 4.21 Å². The van der Waals surface area contributed by atoms with Gasteiger partial charge in [-0.2, -0.15) is 0 Å². The van der Waals surface area contributed by atoms with Crippen molar-refractivity contribution in [2.24, 2.45) is 5.73 Å². The highest BCUT2D eigenvalue weighted by molar-refractivity contribution is 7.79. The van der Waals surface area contributed by atoms with Crippen LogP contribution in [-0.2, 0) is 11.1 Å². The molecule has 5 heteroatoms. The SMILES string of the molecule is NC(=O)c1cccc(S(=O)O)c1. The summed E-state index contributed by atoms with van der Waals surface area (Å²) in [6, 6.07) is 5.73. The molecule has 0 bridgehead atoms. The number of rotatable bonds is 2. The Kier molecular flexibility index (Phi) is 2.57. The van der Waals surface area contributed by atoms with Crippen LogP contribution in [0.1, 0.15) is 10.4 Å². The highest BCUT2D eigenvalue weighted by Crippen LogP contribution is 2.07. The van der Waals surface area contributed by atoms with E-state index in [0.29, 0.717) is 0 Å². The number of amides is 1. The Hall–Kier alpha value is -1.20. The van der Waals surface area contributed by atoms with Crippen LogP contribution < -0.4 is 5.73 Å². The Morgan fingerprint density at radius 1 is 1.50 bits per heavy atom. The van der Waals surface area contributed by atoms with E-state index in [-0.39, 0.29) is 10.5 Å². The fourth-order valence-electron chi connectivity index (χ4n) is 0.758. The lowest BCUT2D eigenvalue weighted by Gasteiger charge is -1.96. The third-order valence-electron chi connectivity index (χ3n) is 1.32. The average molecular weight is 185 g/mol. The summed E-state index contributed by atoms with van der Waals surface area (Å²) < 4.78 is 19.2. The van der Waals surface area contributed by atoms with Crippen LogP contribution >= 0.6 is 0 Å². The molecule has 0 saturated heterocycles. The van der Waals surface area contributed by atoms with Crippen LogP contribution in [0.25, 0.3) is 0 Å². The first-order chi connectivity index (χ1) is 5.61. The Labute approximate surface area is 71.7 Å². The normalized spacial score (nSPS) is 12.4. The van der Waals surface area contributed by atoms with Crippen LogP contribution in [0.5, 0.6) is 0 Å². The number of nitrogens with two attached hydrogens (primary N) is 1. The molecule has 1 unspecified atom stereocenters. The summed E-state index contributed by atoms with van der Waals surface area (Å²) in [6.07, 6.45) is 0. The fourth-order valence-corrected chi connectivity index (χ4v) is 1.18. The van der Waals surface area contributed by atoms with Crippen molar-refractivity contribution in [3.05, 3.63) is 29.8 Å². The number of hydrogen-bond donors (Lipinski definition) is 2. The molecule has 1 rings (SSSR count). The molecule has 0 spiro atoms. The zero-order valence-corrected chi connectivity index (χ0v) is 6.88. The lowest BCUT2D eigenvalue weighted by atomic mass is 10.2. The van der Waals surface area contributed by atoms with Crippen LogP contribution in [0.2, 0.25) is 0 Å². The summed E-state index contributed by atoms with van der Waals surface area (Å²) in [6.45, 7) is 0. The van der Waals surface area contributed by atoms with Gasteiger partial charge in [0.1, 0.15) is 0 Å². The summed E-state index contributed by atoms with van der Waals surface area (Å²) >= 11 is -2.06. The highest BCUT2D eigenvalue weighted by atomic mass is 32.2. The van der Waals surface area contributed by atoms with Crippen LogP contribution in [-0.4, -0.2) is 14.7 Å². The molecule has 0 aromatic heterocycles. The zero-order valence-electron chi connectivity index (χ0n) is 6.06. The van der Waals surface area contributed by atoms with Gasteiger partial charge in [-0.1, -0.05) is 6.07 Å². The Morgan fingerprint density at radius 2 is 2.17 bits per heavy atom. The predicted molar refractivity (Wildman–Crippen MR) is 44.0 cm³/mol. The molecule has 1 aromatic carbocycles. The molecule has 0 heterocycles. The van der Waals surface area contributed by atoms with Crippen LogP contribution in [0.4, 0.5) is 0 Å². The first kappa shape index (κ1) is 8.89. The number of benzene rings is 1. The maximum atomic E-state index is 10.6. The first-order valence-electron chi connectivity index (χ1n) is 3.12. The molecule has 0 aliphatic rings. The smallest absolute Gasteiger partial charge is 0.248 e. The van der Waals surface area contributed by atoms with Crippen LogP contribution in [0, 0.1) is 0 Å². The van der Waals surface area contributed by atoms with E-state index in [9.17, 15) is 9.00 Å². The summed E-state index contributed by atoms with van der Waals surface area (Å²) in [4.78, 5) is 10.8. The van der Waals surface area contributed by atoms with Gasteiger partial charge in [-0.15, -0.1) is 0 Å². The van der Waals surface area contributed by atoms with Crippen molar-refractivity contribution in [1.82, 2.24) is 0 Å². The monoisotopic (exact) mass is 185 g/mol. The third kappa shape index (κ3) is 1.90. The highest BCUT2D eigenvalue weighted by Gasteiger charge is 2.03. The maximum absolute atomic E-state index is 10.6. The summed E-state index contributed by atoms with van der Waals surface area (Å²) in [5, 5.41) is 0. The van der Waals surface area contributed by atoms with E-state index in [1.165, 1.54) is 24.3 Å². The molecule has 1 aromatic rings. The molecule has 4 nitrogen and oxygen atoms in total. The minimum Gasteiger partial charge on any atom is -0.366 e. The molecule has 0 radical (unpaired) electrons. The lowest BCUT2D eigenvalue weighted by Crippen LogP contribution is -2.11. The average Bonchev–Trinajstić information content (AvgIpc) is 2.04. The molecular weight excluding hydrogens is 178 g/mol. The van der Waals surface area contributed by atoms with Gasteiger partial charge < -0.3 is 10.3 Å². The molecule has 0 aliphatic carbocycles. The molecule has 64 valence electrons. The number of hydrogen-bond acceptors (Lipinski definition) is 2. The molecule has 3 N–H and O–H groups in total. The molecule has 12 heavy (non-hydrogen) atoms. The van der Waals surface area contributed by atoms with Gasteiger partial charge in [0.2, 0.25) is 5.91 Å². The molecular formula is C7H7NO3S. The Morgan fingerprint density at radius 3 is 2.67 bits per heavy atom. The van der Waals surface area contributed by atoms with Gasteiger partial charge in [0.25, 0.3) is 0 Å². The van der Waals surface area contributed by atoms with Crippen molar-refractivity contribution in [3.63, 3.8) is 0 Å². The van der Waals surface area contributed by atoms with Gasteiger partial charge in [0.15, 0.2) is 11.1 Å². The van der Waals surface area contributed by atoms with Gasteiger partial charge in [0, 0.05) is 5.56 Å². The van der Waals surface area contributed by atoms with Crippen molar-refractivity contribution >= 4 is 17.0 Å². The number of primary amides is 1. The van der Waals surface area contributed by atoms with Crippen molar-refractivity contribution < 1.29 is 13.6 Å². The second-order valence-electron chi connectivity index (χ2n) is 2.14. The van der Waals surface area contributed by atoms with Crippen molar-refractivity contribution in [2.45, 2.75) is 4.90 Å². The minimum absolute atomic E-state index is 0.173. The first-order valence-corrected chi connectivity index (χ1v) is 4.22. The van der Waals surface area contributed by atoms with Crippen LogP contribution in [0.15, 0.2) is 29.2 Å². The van der Waals surface area contributed by atoms with Crippen molar-refractivity contribution in [3.8, 4) is 0 Å². The molecule has 0 fully saturated rings. The van der Waals surface area contributed by atoms with E-state index < -0.39 is 17.0 Å². The Bertz CT molecular complexity index is 308. The maximum Gasteiger partial charge on any atom is 0.248 e. The zero-order chi connectivity index (χ0) is 9.14. The molecule has 0 aliphatic heterocycles. The topological polar surface area (TPSA) is 80.4 Å². The predicted octanol–water partition coefficient (Wildman–Crippen LogP) is 0.366. The summed E-state index contributed by atoms with van der Waals surface area (Å²) in [5.41, 5.74) is 5.19. The van der Waals surface area contributed by atoms with E-state index in [2.05, 4.69) is 0 Å². The van der Waals surface area contributed by atoms with Gasteiger partial charge >= 0.3 is 0 Å². The van der Waals surface area contributed by atoms with Gasteiger partial charge in [-0.05, 0) is 18.2 Å². The Balaban J connectivity index is 3.12. The third-order valence-corrected chi connectivity index (χ3v) is 1.98. The van der Waals surface area contributed by atoms with E-state index >= 15 is 0 Å². The molecule has 1 atom stereocenters. The lowest BCUT2D eigenvalue weighted by molar-refractivity contribution is 0.1000. The largest absolute Gasteiger partial charge is 0.366 e. The second kappa shape index (κ2) is 3.46. The van der Waals surface area contributed by atoms with Gasteiger partial charge in [-0.3, -0.25) is 4.79 Å². The van der Waals surface area contributed by atoms with Gasteiger partial charge in [0.05, 0.1) is 4.90 Å². The number of carbonyl (C=O) groups excluding carboxylic acids is 1. The van der Waals surface area contributed by atoms with E-state index in [0.717, 1.165) is 0 Å². The second-order valence-corrected chi connectivity index (χ2v) is 3.11. The van der Waals surface area contributed by atoms with E-state index in [1.807, 2.05) is 0 Å². The minimum atomic E-state index is -2.06.